The molecule has 0 unspecified atom stereocenters. The average Bonchev–Trinajstić information content (AvgIpc) is 2.90. The Morgan fingerprint density at radius 3 is 2.15 bits per heavy atom. The summed E-state index contributed by atoms with van der Waals surface area (Å²) >= 11 is 1.04. The van der Waals surface area contributed by atoms with Gasteiger partial charge in [0.1, 0.15) is 0 Å². The first-order chi connectivity index (χ1) is 12.4. The number of carbonyl (C=O) groups is 1. The van der Waals surface area contributed by atoms with E-state index in [1.54, 1.807) is 67.7 Å². The van der Waals surface area contributed by atoms with Crippen LogP contribution in [0.25, 0.3) is 0 Å². The summed E-state index contributed by atoms with van der Waals surface area (Å²) in [7, 11) is -0.337. The number of hydrogen-bond donors (Lipinski definition) is 0. The van der Waals surface area contributed by atoms with Crippen LogP contribution in [-0.4, -0.2) is 38.5 Å². The van der Waals surface area contributed by atoms with Crippen LogP contribution >= 0.6 is 11.8 Å². The van der Waals surface area contributed by atoms with Crippen molar-refractivity contribution in [3.8, 4) is 0 Å². The Balaban J connectivity index is 2.09. The molecule has 0 spiro atoms. The smallest absolute Gasteiger partial charge is 0.284 e. The van der Waals surface area contributed by atoms with Crippen molar-refractivity contribution in [1.29, 1.82) is 0 Å². The first kappa shape index (κ1) is 18.2. The van der Waals surface area contributed by atoms with Crippen LogP contribution in [0.3, 0.4) is 0 Å². The van der Waals surface area contributed by atoms with E-state index in [1.165, 1.54) is 17.0 Å². The summed E-state index contributed by atoms with van der Waals surface area (Å²) in [6.07, 6.45) is 1.65. The van der Waals surface area contributed by atoms with Gasteiger partial charge in [-0.3, -0.25) is 9.69 Å². The SMILES string of the molecule is CN(C)C=C1SC(=NS(=O)(=O)c2ccccc2)N(c2ccccc2)C1=O. The number of thioether (sulfide) groups is 1. The summed E-state index contributed by atoms with van der Waals surface area (Å²) in [6.45, 7) is 0. The van der Waals surface area contributed by atoms with E-state index >= 15 is 0 Å². The number of amides is 1. The molecule has 0 radical (unpaired) electrons. The lowest BCUT2D eigenvalue weighted by molar-refractivity contribution is -0.113. The highest BCUT2D eigenvalue weighted by atomic mass is 32.2. The number of para-hydroxylation sites is 1. The largest absolute Gasteiger partial charge is 0.382 e. The van der Waals surface area contributed by atoms with E-state index < -0.39 is 10.0 Å². The van der Waals surface area contributed by atoms with Crippen LogP contribution in [-0.2, 0) is 14.8 Å². The Bertz CT molecular complexity index is 969. The van der Waals surface area contributed by atoms with Crippen LogP contribution in [0.4, 0.5) is 5.69 Å². The molecule has 6 nitrogen and oxygen atoms in total. The van der Waals surface area contributed by atoms with Crippen LogP contribution in [0.2, 0.25) is 0 Å². The summed E-state index contributed by atoms with van der Waals surface area (Å²) in [4.78, 5) is 16.3. The molecule has 26 heavy (non-hydrogen) atoms. The van der Waals surface area contributed by atoms with E-state index in [4.69, 9.17) is 0 Å². The average molecular weight is 387 g/mol. The second kappa shape index (κ2) is 7.35. The number of carbonyl (C=O) groups excluding carboxylic acids is 1. The lowest BCUT2D eigenvalue weighted by atomic mass is 10.3. The highest BCUT2D eigenvalue weighted by Crippen LogP contribution is 2.35. The summed E-state index contributed by atoms with van der Waals surface area (Å²) in [6, 6.07) is 16.8. The van der Waals surface area contributed by atoms with E-state index in [1.807, 2.05) is 6.07 Å². The molecule has 1 aliphatic heterocycles. The zero-order chi connectivity index (χ0) is 18.7. The van der Waals surface area contributed by atoms with Crippen LogP contribution in [0.15, 0.2) is 81.1 Å². The van der Waals surface area contributed by atoms with Crippen molar-refractivity contribution in [3.63, 3.8) is 0 Å². The van der Waals surface area contributed by atoms with Crippen LogP contribution < -0.4 is 4.90 Å². The summed E-state index contributed by atoms with van der Waals surface area (Å²) in [5.74, 6) is -0.308. The molecule has 1 saturated heterocycles. The van der Waals surface area contributed by atoms with Crippen molar-refractivity contribution < 1.29 is 13.2 Å². The van der Waals surface area contributed by atoms with Crippen LogP contribution in [0.1, 0.15) is 0 Å². The Labute approximate surface area is 156 Å². The monoisotopic (exact) mass is 387 g/mol. The number of amidine groups is 1. The number of hydrogen-bond acceptors (Lipinski definition) is 5. The van der Waals surface area contributed by atoms with Crippen molar-refractivity contribution in [3.05, 3.63) is 71.8 Å². The molecule has 0 bridgehead atoms. The summed E-state index contributed by atoms with van der Waals surface area (Å²) in [5.41, 5.74) is 0.564. The molecule has 1 fully saturated rings. The molecule has 0 N–H and O–H groups in total. The molecular weight excluding hydrogens is 370 g/mol. The maximum absolute atomic E-state index is 12.8. The standard InChI is InChI=1S/C18H17N3O3S2/c1-20(2)13-16-17(22)21(14-9-5-3-6-10-14)18(25-16)19-26(23,24)15-11-7-4-8-12-15/h3-13H,1-2H3. The Kier molecular flexibility index (Phi) is 5.15. The number of sulfonamides is 1. The first-order valence-electron chi connectivity index (χ1n) is 7.74. The third kappa shape index (κ3) is 3.81. The lowest BCUT2D eigenvalue weighted by Crippen LogP contribution is -2.29. The van der Waals surface area contributed by atoms with Crippen molar-refractivity contribution in [2.45, 2.75) is 4.90 Å². The maximum Gasteiger partial charge on any atom is 0.284 e. The highest BCUT2D eigenvalue weighted by Gasteiger charge is 2.36. The van der Waals surface area contributed by atoms with Gasteiger partial charge >= 0.3 is 0 Å². The fourth-order valence-corrected chi connectivity index (χ4v) is 4.57. The van der Waals surface area contributed by atoms with Crippen molar-refractivity contribution in [2.24, 2.45) is 4.40 Å². The third-order valence-corrected chi connectivity index (χ3v) is 5.79. The van der Waals surface area contributed by atoms with E-state index in [2.05, 4.69) is 4.40 Å². The second-order valence-corrected chi connectivity index (χ2v) is 8.31. The molecule has 3 rings (SSSR count). The van der Waals surface area contributed by atoms with Crippen LogP contribution in [0.5, 0.6) is 0 Å². The van der Waals surface area contributed by atoms with Gasteiger partial charge in [-0.15, -0.1) is 4.40 Å². The Morgan fingerprint density at radius 1 is 1.00 bits per heavy atom. The van der Waals surface area contributed by atoms with Gasteiger partial charge in [-0.2, -0.15) is 8.42 Å². The van der Waals surface area contributed by atoms with Gasteiger partial charge in [0.2, 0.25) is 0 Å². The molecule has 0 aromatic heterocycles. The van der Waals surface area contributed by atoms with Gasteiger partial charge in [-0.25, -0.2) is 0 Å². The molecule has 0 atom stereocenters. The van der Waals surface area contributed by atoms with Crippen LogP contribution in [0, 0.1) is 0 Å². The number of anilines is 1. The molecule has 134 valence electrons. The third-order valence-electron chi connectivity index (χ3n) is 3.44. The zero-order valence-electron chi connectivity index (χ0n) is 14.2. The zero-order valence-corrected chi connectivity index (χ0v) is 15.9. The first-order valence-corrected chi connectivity index (χ1v) is 10.00. The van der Waals surface area contributed by atoms with Crippen molar-refractivity contribution >= 4 is 38.5 Å². The molecule has 0 aliphatic carbocycles. The van der Waals surface area contributed by atoms with Gasteiger partial charge in [-0.05, 0) is 36.0 Å². The van der Waals surface area contributed by atoms with E-state index in [0.29, 0.717) is 10.6 Å². The van der Waals surface area contributed by atoms with Gasteiger partial charge in [0.05, 0.1) is 15.5 Å². The topological polar surface area (TPSA) is 70.1 Å². The van der Waals surface area contributed by atoms with Crippen molar-refractivity contribution in [1.82, 2.24) is 4.90 Å². The molecule has 8 heteroatoms. The molecule has 2 aromatic rings. The van der Waals surface area contributed by atoms with Gasteiger partial charge in [0.15, 0.2) is 5.17 Å². The minimum atomic E-state index is -3.93. The highest BCUT2D eigenvalue weighted by molar-refractivity contribution is 8.19. The molecule has 1 heterocycles. The lowest BCUT2D eigenvalue weighted by Gasteiger charge is -2.15. The predicted molar refractivity (Wildman–Crippen MR) is 104 cm³/mol. The Hall–Kier alpha value is -2.58. The van der Waals surface area contributed by atoms with Gasteiger partial charge in [0.25, 0.3) is 15.9 Å². The van der Waals surface area contributed by atoms with Gasteiger partial charge in [0, 0.05) is 20.3 Å². The fourth-order valence-electron chi connectivity index (χ4n) is 2.31. The minimum Gasteiger partial charge on any atom is -0.382 e. The number of rotatable bonds is 4. The maximum atomic E-state index is 12.8. The van der Waals surface area contributed by atoms with E-state index in [-0.39, 0.29) is 16.0 Å². The normalized spacial score (nSPS) is 17.9. The van der Waals surface area contributed by atoms with Gasteiger partial charge in [-0.1, -0.05) is 36.4 Å². The molecule has 1 aliphatic rings. The van der Waals surface area contributed by atoms with E-state index in [0.717, 1.165) is 11.8 Å². The molecule has 1 amide bonds. The molecule has 2 aromatic carbocycles. The summed E-state index contributed by atoms with van der Waals surface area (Å²) in [5, 5.41) is 0.109. The minimum absolute atomic E-state index is 0.0820. The van der Waals surface area contributed by atoms with E-state index in [9.17, 15) is 13.2 Å². The Morgan fingerprint density at radius 2 is 1.58 bits per heavy atom. The number of benzene rings is 2. The summed E-state index contributed by atoms with van der Waals surface area (Å²) < 4.78 is 29.2. The second-order valence-electron chi connectivity index (χ2n) is 5.70. The van der Waals surface area contributed by atoms with Gasteiger partial charge < -0.3 is 4.90 Å². The quantitative estimate of drug-likeness (QED) is 0.755. The predicted octanol–water partition coefficient (Wildman–Crippen LogP) is 2.91. The number of nitrogens with zero attached hydrogens (tertiary/aromatic N) is 3. The fraction of sp³-hybridized carbons (Fsp3) is 0.111. The van der Waals surface area contributed by atoms with Crippen molar-refractivity contribution in [2.75, 3.05) is 19.0 Å². The molecular formula is C18H17N3O3S2. The molecule has 0 saturated carbocycles.